The van der Waals surface area contributed by atoms with Gasteiger partial charge < -0.3 is 20.3 Å². The van der Waals surface area contributed by atoms with Crippen LogP contribution in [0.15, 0.2) is 17.0 Å². The lowest BCUT2D eigenvalue weighted by atomic mass is 10.0. The number of thioether (sulfide) groups is 1. The molecule has 0 aromatic heterocycles. The lowest BCUT2D eigenvalue weighted by Gasteiger charge is -2.42. The Hall–Kier alpha value is -1.63. The molecule has 0 unspecified atom stereocenters. The fraction of sp³-hybridized carbons (Fsp3) is 0.611. The topological polar surface area (TPSA) is 58.8 Å². The van der Waals surface area contributed by atoms with E-state index in [0.717, 1.165) is 35.7 Å². The van der Waals surface area contributed by atoms with E-state index in [4.69, 9.17) is 10.5 Å². The highest BCUT2D eigenvalue weighted by Crippen LogP contribution is 2.39. The highest BCUT2D eigenvalue weighted by Gasteiger charge is 2.32. The number of piperidine rings is 1. The van der Waals surface area contributed by atoms with Crippen LogP contribution in [0, 0.1) is 5.82 Å². The van der Waals surface area contributed by atoms with Gasteiger partial charge in [0.25, 0.3) is 0 Å². The molecule has 1 fully saturated rings. The summed E-state index contributed by atoms with van der Waals surface area (Å²) < 4.78 is 19.2. The van der Waals surface area contributed by atoms with Crippen LogP contribution in [0.2, 0.25) is 0 Å². The minimum Gasteiger partial charge on any atom is -0.444 e. The zero-order chi connectivity index (χ0) is 18.2. The van der Waals surface area contributed by atoms with Gasteiger partial charge in [0.2, 0.25) is 0 Å². The summed E-state index contributed by atoms with van der Waals surface area (Å²) in [6.45, 7) is 7.90. The molecule has 2 aliphatic rings. The quantitative estimate of drug-likeness (QED) is 0.767. The average molecular weight is 367 g/mol. The number of amides is 1. The van der Waals surface area contributed by atoms with Crippen LogP contribution in [0.4, 0.5) is 20.6 Å². The van der Waals surface area contributed by atoms with E-state index in [9.17, 15) is 9.18 Å². The number of ether oxygens (including phenoxy) is 1. The van der Waals surface area contributed by atoms with Crippen molar-refractivity contribution in [3.63, 3.8) is 0 Å². The first-order valence-electron chi connectivity index (χ1n) is 8.71. The third kappa shape index (κ3) is 4.14. The number of nitrogens with zero attached hydrogens (tertiary/aromatic N) is 2. The fourth-order valence-corrected chi connectivity index (χ4v) is 4.36. The van der Waals surface area contributed by atoms with Crippen LogP contribution in [0.25, 0.3) is 0 Å². The molecular weight excluding hydrogens is 341 g/mol. The Kier molecular flexibility index (Phi) is 5.04. The van der Waals surface area contributed by atoms with Gasteiger partial charge in [-0.15, -0.1) is 11.8 Å². The van der Waals surface area contributed by atoms with E-state index >= 15 is 0 Å². The van der Waals surface area contributed by atoms with Crippen LogP contribution in [-0.4, -0.2) is 48.0 Å². The van der Waals surface area contributed by atoms with Crippen molar-refractivity contribution in [1.82, 2.24) is 4.90 Å². The van der Waals surface area contributed by atoms with E-state index in [-0.39, 0.29) is 17.6 Å². The molecule has 1 aromatic carbocycles. The van der Waals surface area contributed by atoms with Gasteiger partial charge in [0.1, 0.15) is 11.4 Å². The SMILES string of the molecule is CC(C)(C)OC(=O)N1CCC(N2CCSc3cc(F)c(N)cc32)CC1. The molecule has 0 atom stereocenters. The van der Waals surface area contributed by atoms with Crippen LogP contribution < -0.4 is 10.6 Å². The molecule has 1 aromatic rings. The van der Waals surface area contributed by atoms with Gasteiger partial charge in [0.05, 0.1) is 11.4 Å². The molecule has 0 bridgehead atoms. The molecule has 0 radical (unpaired) electrons. The standard InChI is InChI=1S/C18H26FN3O2S/c1-18(2,3)24-17(23)21-6-4-12(5-7-21)22-8-9-25-16-10-13(19)14(20)11-15(16)22/h10-12H,4-9,20H2,1-3H3. The number of fused-ring (bicyclic) bond motifs is 1. The molecule has 138 valence electrons. The second-order valence-electron chi connectivity index (χ2n) is 7.58. The number of halogens is 1. The summed E-state index contributed by atoms with van der Waals surface area (Å²) in [6, 6.07) is 3.62. The van der Waals surface area contributed by atoms with Crippen molar-refractivity contribution in [2.24, 2.45) is 0 Å². The first-order valence-corrected chi connectivity index (χ1v) is 9.69. The Morgan fingerprint density at radius 2 is 1.96 bits per heavy atom. The minimum atomic E-state index is -0.474. The van der Waals surface area contributed by atoms with E-state index in [2.05, 4.69) is 4.90 Å². The number of rotatable bonds is 1. The zero-order valence-corrected chi connectivity index (χ0v) is 15.9. The molecule has 25 heavy (non-hydrogen) atoms. The van der Waals surface area contributed by atoms with Crippen LogP contribution >= 0.6 is 11.8 Å². The monoisotopic (exact) mass is 367 g/mol. The van der Waals surface area contributed by atoms with Crippen LogP contribution in [0.5, 0.6) is 0 Å². The maximum atomic E-state index is 13.7. The highest BCUT2D eigenvalue weighted by molar-refractivity contribution is 7.99. The molecule has 0 spiro atoms. The van der Waals surface area contributed by atoms with Gasteiger partial charge in [0, 0.05) is 36.3 Å². The van der Waals surface area contributed by atoms with Crippen LogP contribution in [0.3, 0.4) is 0 Å². The maximum Gasteiger partial charge on any atom is 0.410 e. The highest BCUT2D eigenvalue weighted by atomic mass is 32.2. The first-order chi connectivity index (χ1) is 11.7. The molecular formula is C18H26FN3O2S. The number of anilines is 2. The van der Waals surface area contributed by atoms with Crippen molar-refractivity contribution >= 4 is 29.2 Å². The Labute approximate surface area is 152 Å². The number of nitrogen functional groups attached to an aromatic ring is 1. The van der Waals surface area contributed by atoms with Gasteiger partial charge >= 0.3 is 6.09 Å². The predicted octanol–water partition coefficient (Wildman–Crippen LogP) is 3.72. The van der Waals surface area contributed by atoms with E-state index in [1.54, 1.807) is 22.7 Å². The number of carbonyl (C=O) groups excluding carboxylic acids is 1. The number of likely N-dealkylation sites (tertiary alicyclic amines) is 1. The van der Waals surface area contributed by atoms with Crippen LogP contribution in [0.1, 0.15) is 33.6 Å². The van der Waals surface area contributed by atoms with Gasteiger partial charge in [-0.3, -0.25) is 0 Å². The number of carbonyl (C=O) groups is 1. The molecule has 3 rings (SSSR count). The van der Waals surface area contributed by atoms with Crippen LogP contribution in [-0.2, 0) is 4.74 Å². The Balaban J connectivity index is 1.67. The van der Waals surface area contributed by atoms with Crippen molar-refractivity contribution in [2.45, 2.75) is 50.2 Å². The lowest BCUT2D eigenvalue weighted by molar-refractivity contribution is 0.0205. The third-order valence-corrected chi connectivity index (χ3v) is 5.56. The van der Waals surface area contributed by atoms with Gasteiger partial charge in [0.15, 0.2) is 0 Å². The molecule has 1 saturated heterocycles. The van der Waals surface area contributed by atoms with Crippen molar-refractivity contribution in [3.05, 3.63) is 17.9 Å². The van der Waals surface area contributed by atoms with E-state index < -0.39 is 5.60 Å². The van der Waals surface area contributed by atoms with Crippen molar-refractivity contribution < 1.29 is 13.9 Å². The first kappa shape index (κ1) is 18.2. The predicted molar refractivity (Wildman–Crippen MR) is 99.7 cm³/mol. The lowest BCUT2D eigenvalue weighted by Crippen LogP contribution is -2.49. The van der Waals surface area contributed by atoms with Gasteiger partial charge in [-0.05, 0) is 45.7 Å². The summed E-state index contributed by atoms with van der Waals surface area (Å²) >= 11 is 1.67. The molecule has 2 N–H and O–H groups in total. The molecule has 0 saturated carbocycles. The Bertz CT molecular complexity index is 654. The van der Waals surface area contributed by atoms with Crippen molar-refractivity contribution in [1.29, 1.82) is 0 Å². The van der Waals surface area contributed by atoms with E-state index in [1.165, 1.54) is 6.07 Å². The molecule has 5 nitrogen and oxygen atoms in total. The van der Waals surface area contributed by atoms with Gasteiger partial charge in [-0.25, -0.2) is 9.18 Å². The summed E-state index contributed by atoms with van der Waals surface area (Å²) in [5.41, 5.74) is 6.51. The third-order valence-electron chi connectivity index (χ3n) is 4.53. The second-order valence-corrected chi connectivity index (χ2v) is 8.72. The Morgan fingerprint density at radius 3 is 2.60 bits per heavy atom. The normalized spacial score (nSPS) is 18.9. The number of nitrogens with two attached hydrogens (primary N) is 1. The van der Waals surface area contributed by atoms with E-state index in [1.807, 2.05) is 20.8 Å². The number of benzene rings is 1. The van der Waals surface area contributed by atoms with Gasteiger partial charge in [-0.1, -0.05) is 0 Å². The molecule has 2 aliphatic heterocycles. The van der Waals surface area contributed by atoms with Crippen molar-refractivity contribution in [2.75, 3.05) is 36.0 Å². The molecule has 2 heterocycles. The summed E-state index contributed by atoms with van der Waals surface area (Å²) in [5, 5.41) is 0. The fourth-order valence-electron chi connectivity index (χ4n) is 3.34. The average Bonchev–Trinajstić information content (AvgIpc) is 2.54. The molecule has 0 aliphatic carbocycles. The number of hydrogen-bond donors (Lipinski definition) is 1. The van der Waals surface area contributed by atoms with E-state index in [0.29, 0.717) is 19.1 Å². The summed E-state index contributed by atoms with van der Waals surface area (Å²) in [5.74, 6) is 0.579. The number of hydrogen-bond acceptors (Lipinski definition) is 5. The molecule has 1 amide bonds. The summed E-state index contributed by atoms with van der Waals surface area (Å²) in [7, 11) is 0. The Morgan fingerprint density at radius 1 is 1.28 bits per heavy atom. The summed E-state index contributed by atoms with van der Waals surface area (Å²) in [4.78, 5) is 17.3. The summed E-state index contributed by atoms with van der Waals surface area (Å²) in [6.07, 6.45) is 1.51. The maximum absolute atomic E-state index is 13.7. The largest absolute Gasteiger partial charge is 0.444 e. The molecule has 7 heteroatoms. The minimum absolute atomic E-state index is 0.192. The van der Waals surface area contributed by atoms with Crippen molar-refractivity contribution in [3.8, 4) is 0 Å². The second kappa shape index (κ2) is 6.94. The smallest absolute Gasteiger partial charge is 0.410 e. The van der Waals surface area contributed by atoms with Gasteiger partial charge in [-0.2, -0.15) is 0 Å². The zero-order valence-electron chi connectivity index (χ0n) is 15.0.